The maximum absolute atomic E-state index is 13.7. The Labute approximate surface area is 155 Å². The summed E-state index contributed by atoms with van der Waals surface area (Å²) < 4.78 is 19.4. The van der Waals surface area contributed by atoms with Crippen LogP contribution in [0.1, 0.15) is 45.4 Å². The van der Waals surface area contributed by atoms with Crippen LogP contribution in [0.15, 0.2) is 24.3 Å². The van der Waals surface area contributed by atoms with Gasteiger partial charge < -0.3 is 15.4 Å². The molecule has 4 atom stereocenters. The fourth-order valence-corrected chi connectivity index (χ4v) is 3.85. The van der Waals surface area contributed by atoms with Crippen LogP contribution in [0.3, 0.4) is 0 Å². The number of para-hydroxylation sites is 1. The van der Waals surface area contributed by atoms with Gasteiger partial charge in [-0.05, 0) is 43.7 Å². The van der Waals surface area contributed by atoms with Crippen LogP contribution in [-0.4, -0.2) is 30.6 Å². The molecule has 140 valence electrons. The number of rotatable bonds is 6. The van der Waals surface area contributed by atoms with Gasteiger partial charge in [0, 0.05) is 6.04 Å². The number of ether oxygens (including phenoxy) is 1. The smallest absolute Gasteiger partial charge is 0.237 e. The van der Waals surface area contributed by atoms with Crippen LogP contribution < -0.4 is 15.4 Å². The Kier molecular flexibility index (Phi) is 7.51. The predicted molar refractivity (Wildman–Crippen MR) is 98.7 cm³/mol. The molecule has 1 heterocycles. The van der Waals surface area contributed by atoms with Crippen LogP contribution in [0.25, 0.3) is 0 Å². The molecule has 4 unspecified atom stereocenters. The Morgan fingerprint density at radius 3 is 2.84 bits per heavy atom. The van der Waals surface area contributed by atoms with Crippen LogP contribution in [0.5, 0.6) is 5.75 Å². The second kappa shape index (κ2) is 9.39. The largest absolute Gasteiger partial charge is 0.486 e. The Balaban J connectivity index is 0.00000225. The summed E-state index contributed by atoms with van der Waals surface area (Å²) in [5.74, 6) is 0.554. The zero-order valence-electron chi connectivity index (χ0n) is 14.7. The Morgan fingerprint density at radius 2 is 2.12 bits per heavy atom. The van der Waals surface area contributed by atoms with Gasteiger partial charge in [-0.25, -0.2) is 4.39 Å². The summed E-state index contributed by atoms with van der Waals surface area (Å²) in [5, 5.41) is 6.46. The number of halogens is 2. The fourth-order valence-electron chi connectivity index (χ4n) is 3.85. The number of carbonyl (C=O) groups excluding carboxylic acids is 1. The van der Waals surface area contributed by atoms with Gasteiger partial charge in [-0.3, -0.25) is 4.79 Å². The molecule has 1 aliphatic carbocycles. The summed E-state index contributed by atoms with van der Waals surface area (Å²) in [6.07, 6.45) is 6.37. The number of hydrogen-bond acceptors (Lipinski definition) is 3. The van der Waals surface area contributed by atoms with Crippen molar-refractivity contribution in [2.45, 2.75) is 63.6 Å². The van der Waals surface area contributed by atoms with Crippen molar-refractivity contribution in [3.8, 4) is 5.75 Å². The van der Waals surface area contributed by atoms with Gasteiger partial charge >= 0.3 is 0 Å². The van der Waals surface area contributed by atoms with E-state index in [0.717, 1.165) is 6.42 Å². The molecule has 1 aromatic rings. The number of carbonyl (C=O) groups is 1. The van der Waals surface area contributed by atoms with Gasteiger partial charge in [-0.15, -0.1) is 12.4 Å². The third kappa shape index (κ3) is 5.08. The van der Waals surface area contributed by atoms with E-state index in [-0.39, 0.29) is 42.0 Å². The van der Waals surface area contributed by atoms with E-state index >= 15 is 0 Å². The summed E-state index contributed by atoms with van der Waals surface area (Å²) in [6, 6.07) is 6.79. The highest BCUT2D eigenvalue weighted by atomic mass is 35.5. The first-order valence-electron chi connectivity index (χ1n) is 9.12. The second-order valence-electron chi connectivity index (χ2n) is 6.93. The summed E-state index contributed by atoms with van der Waals surface area (Å²) >= 11 is 0. The van der Waals surface area contributed by atoms with Gasteiger partial charge in [0.15, 0.2) is 11.6 Å². The van der Waals surface area contributed by atoms with Crippen LogP contribution in [0.4, 0.5) is 4.39 Å². The van der Waals surface area contributed by atoms with Gasteiger partial charge in [0.1, 0.15) is 6.10 Å². The zero-order chi connectivity index (χ0) is 16.9. The van der Waals surface area contributed by atoms with E-state index in [0.29, 0.717) is 24.9 Å². The highest BCUT2D eigenvalue weighted by molar-refractivity contribution is 5.85. The summed E-state index contributed by atoms with van der Waals surface area (Å²) in [6.45, 7) is 2.37. The summed E-state index contributed by atoms with van der Waals surface area (Å²) in [5.41, 5.74) is 0. The zero-order valence-corrected chi connectivity index (χ0v) is 15.5. The Bertz CT molecular complexity index is 558. The van der Waals surface area contributed by atoms with Crippen molar-refractivity contribution in [2.75, 3.05) is 6.54 Å². The minimum absolute atomic E-state index is 0. The van der Waals surface area contributed by atoms with E-state index in [1.165, 1.54) is 31.7 Å². The van der Waals surface area contributed by atoms with Crippen molar-refractivity contribution in [2.24, 2.45) is 5.92 Å². The van der Waals surface area contributed by atoms with Gasteiger partial charge in [0.2, 0.25) is 5.91 Å². The van der Waals surface area contributed by atoms with Crippen molar-refractivity contribution < 1.29 is 13.9 Å². The second-order valence-corrected chi connectivity index (χ2v) is 6.93. The lowest BCUT2D eigenvalue weighted by molar-refractivity contribution is -0.123. The molecule has 3 rings (SSSR count). The normalized spacial score (nSPS) is 26.2. The van der Waals surface area contributed by atoms with Gasteiger partial charge in [0.05, 0.1) is 12.6 Å². The lowest BCUT2D eigenvalue weighted by Gasteiger charge is -2.24. The number of hydrogen-bond donors (Lipinski definition) is 2. The molecule has 1 amide bonds. The molecule has 6 heteroatoms. The molecular formula is C19H28ClFN2O2. The third-order valence-electron chi connectivity index (χ3n) is 5.27. The SMILES string of the molecule is CCC(CNC(=O)C1CC2CCCCC2N1)Oc1ccccc1F.Cl. The highest BCUT2D eigenvalue weighted by Crippen LogP contribution is 2.33. The van der Waals surface area contributed by atoms with E-state index in [4.69, 9.17) is 4.74 Å². The molecule has 0 radical (unpaired) electrons. The first-order chi connectivity index (χ1) is 11.7. The van der Waals surface area contributed by atoms with Crippen LogP contribution in [0.2, 0.25) is 0 Å². The Hall–Kier alpha value is -1.33. The molecule has 0 spiro atoms. The lowest BCUT2D eigenvalue weighted by atomic mass is 9.85. The minimum atomic E-state index is -0.371. The van der Waals surface area contributed by atoms with Crippen LogP contribution >= 0.6 is 12.4 Å². The van der Waals surface area contributed by atoms with Crippen molar-refractivity contribution >= 4 is 18.3 Å². The van der Waals surface area contributed by atoms with Crippen molar-refractivity contribution in [1.82, 2.24) is 10.6 Å². The molecule has 4 nitrogen and oxygen atoms in total. The quantitative estimate of drug-likeness (QED) is 0.806. The van der Waals surface area contributed by atoms with Gasteiger partial charge in [-0.2, -0.15) is 0 Å². The van der Waals surface area contributed by atoms with Crippen LogP contribution in [0, 0.1) is 11.7 Å². The number of nitrogens with one attached hydrogen (secondary N) is 2. The first kappa shape index (κ1) is 20.0. The van der Waals surface area contributed by atoms with Gasteiger partial charge in [-0.1, -0.05) is 31.9 Å². The maximum Gasteiger partial charge on any atom is 0.237 e. The Morgan fingerprint density at radius 1 is 1.36 bits per heavy atom. The predicted octanol–water partition coefficient (Wildman–Crippen LogP) is 3.44. The highest BCUT2D eigenvalue weighted by Gasteiger charge is 2.38. The van der Waals surface area contributed by atoms with E-state index in [1.54, 1.807) is 18.2 Å². The molecule has 2 aliphatic rings. The lowest BCUT2D eigenvalue weighted by Crippen LogP contribution is -2.45. The number of benzene rings is 1. The maximum atomic E-state index is 13.7. The summed E-state index contributed by atoms with van der Waals surface area (Å²) in [4.78, 5) is 12.4. The molecule has 25 heavy (non-hydrogen) atoms. The van der Waals surface area contributed by atoms with E-state index in [2.05, 4.69) is 10.6 Å². The third-order valence-corrected chi connectivity index (χ3v) is 5.27. The fraction of sp³-hybridized carbons (Fsp3) is 0.632. The van der Waals surface area contributed by atoms with Crippen molar-refractivity contribution in [1.29, 1.82) is 0 Å². The minimum Gasteiger partial charge on any atom is -0.486 e. The van der Waals surface area contributed by atoms with E-state index < -0.39 is 0 Å². The molecule has 1 saturated carbocycles. The monoisotopic (exact) mass is 370 g/mol. The topological polar surface area (TPSA) is 50.4 Å². The first-order valence-corrected chi connectivity index (χ1v) is 9.12. The molecular weight excluding hydrogens is 343 g/mol. The van der Waals surface area contributed by atoms with E-state index in [1.807, 2.05) is 6.92 Å². The van der Waals surface area contributed by atoms with Crippen LogP contribution in [-0.2, 0) is 4.79 Å². The van der Waals surface area contributed by atoms with Crippen molar-refractivity contribution in [3.63, 3.8) is 0 Å². The molecule has 1 saturated heterocycles. The average Bonchev–Trinajstić information content (AvgIpc) is 3.04. The van der Waals surface area contributed by atoms with Crippen molar-refractivity contribution in [3.05, 3.63) is 30.1 Å². The summed E-state index contributed by atoms with van der Waals surface area (Å²) in [7, 11) is 0. The molecule has 1 aliphatic heterocycles. The molecule has 2 fully saturated rings. The molecule has 0 aromatic heterocycles. The molecule has 1 aromatic carbocycles. The average molecular weight is 371 g/mol. The molecule has 2 N–H and O–H groups in total. The molecule has 0 bridgehead atoms. The number of amides is 1. The van der Waals surface area contributed by atoms with Gasteiger partial charge in [0.25, 0.3) is 0 Å². The standard InChI is InChI=1S/C19H27FN2O2.ClH/c1-2-14(24-18-10-6-4-8-15(18)20)12-21-19(23)17-11-13-7-3-5-9-16(13)22-17;/h4,6,8,10,13-14,16-17,22H,2-3,5,7,9,11-12H2,1H3,(H,21,23);1H. The van der Waals surface area contributed by atoms with E-state index in [9.17, 15) is 9.18 Å². The number of fused-ring (bicyclic) bond motifs is 1.